The van der Waals surface area contributed by atoms with Gasteiger partial charge < -0.3 is 5.11 Å². The van der Waals surface area contributed by atoms with Crippen LogP contribution in [0.5, 0.6) is 0 Å². The van der Waals surface area contributed by atoms with Crippen LogP contribution in [0.15, 0.2) is 24.5 Å². The van der Waals surface area contributed by atoms with Crippen molar-refractivity contribution in [3.63, 3.8) is 0 Å². The summed E-state index contributed by atoms with van der Waals surface area (Å²) in [4.78, 5) is 3.75. The van der Waals surface area contributed by atoms with E-state index in [0.717, 1.165) is 0 Å². The Morgan fingerprint density at radius 2 is 1.94 bits per heavy atom. The maximum absolute atomic E-state index is 13.3. The molecule has 84 valence electrons. The largest absolute Gasteiger partial charge is 0.388 e. The first-order chi connectivity index (χ1) is 7.72. The van der Waals surface area contributed by atoms with E-state index in [9.17, 15) is 8.78 Å². The lowest BCUT2D eigenvalue weighted by Crippen LogP contribution is -2.09. The Morgan fingerprint density at radius 1 is 1.25 bits per heavy atom. The van der Waals surface area contributed by atoms with Crippen molar-refractivity contribution in [3.8, 4) is 0 Å². The van der Waals surface area contributed by atoms with Gasteiger partial charge in [-0.2, -0.15) is 5.10 Å². The monoisotopic (exact) mass is 225 g/mol. The highest BCUT2D eigenvalue weighted by Crippen LogP contribution is 2.13. The second-order valence-corrected chi connectivity index (χ2v) is 3.19. The van der Waals surface area contributed by atoms with Gasteiger partial charge in [0.15, 0.2) is 5.82 Å². The van der Waals surface area contributed by atoms with Crippen molar-refractivity contribution in [2.75, 3.05) is 0 Å². The van der Waals surface area contributed by atoms with Gasteiger partial charge in [-0.05, 0) is 12.1 Å². The summed E-state index contributed by atoms with van der Waals surface area (Å²) in [5.41, 5.74) is -0.0947. The lowest BCUT2D eigenvalue weighted by molar-refractivity contribution is 0.263. The minimum absolute atomic E-state index is 0.0889. The third-order valence-corrected chi connectivity index (χ3v) is 2.21. The van der Waals surface area contributed by atoms with E-state index in [1.165, 1.54) is 29.2 Å². The van der Waals surface area contributed by atoms with E-state index in [0.29, 0.717) is 0 Å². The zero-order chi connectivity index (χ0) is 11.5. The predicted octanol–water partition coefficient (Wildman–Crippen LogP) is 1.10. The zero-order valence-corrected chi connectivity index (χ0v) is 8.27. The molecule has 4 nitrogen and oxygen atoms in total. The third kappa shape index (κ3) is 1.92. The second kappa shape index (κ2) is 4.36. The van der Waals surface area contributed by atoms with Crippen molar-refractivity contribution in [2.24, 2.45) is 0 Å². The summed E-state index contributed by atoms with van der Waals surface area (Å²) in [6.07, 6.45) is 1.23. The quantitative estimate of drug-likeness (QED) is 0.850. The molecule has 1 heterocycles. The summed E-state index contributed by atoms with van der Waals surface area (Å²) in [5, 5.41) is 12.7. The van der Waals surface area contributed by atoms with Crippen LogP contribution in [0.3, 0.4) is 0 Å². The first-order valence-electron chi connectivity index (χ1n) is 4.63. The number of hydrogen-bond donors (Lipinski definition) is 1. The number of aromatic nitrogens is 3. The fourth-order valence-electron chi connectivity index (χ4n) is 1.38. The Bertz CT molecular complexity index is 478. The highest BCUT2D eigenvalue weighted by molar-refractivity contribution is 5.19. The summed E-state index contributed by atoms with van der Waals surface area (Å²) in [6, 6.07) is 3.64. The molecule has 2 rings (SSSR count). The van der Waals surface area contributed by atoms with E-state index >= 15 is 0 Å². The maximum atomic E-state index is 13.3. The molecule has 0 saturated carbocycles. The molecule has 0 radical (unpaired) electrons. The standard InChI is InChI=1S/C10H9F2N3O/c11-8-2-1-3-9(12)7(8)4-15-10(5-16)13-6-14-15/h1-3,6,16H,4-5H2. The van der Waals surface area contributed by atoms with Gasteiger partial charge in [-0.3, -0.25) is 0 Å². The SMILES string of the molecule is OCc1ncnn1Cc1c(F)cccc1F. The fraction of sp³-hybridized carbons (Fsp3) is 0.200. The number of nitrogens with zero attached hydrogens (tertiary/aromatic N) is 3. The van der Waals surface area contributed by atoms with Gasteiger partial charge in [-0.25, -0.2) is 18.4 Å². The first-order valence-corrected chi connectivity index (χ1v) is 4.63. The molecule has 0 fully saturated rings. The van der Waals surface area contributed by atoms with Crippen LogP contribution in [0, 0.1) is 11.6 Å². The minimum Gasteiger partial charge on any atom is -0.388 e. The third-order valence-electron chi connectivity index (χ3n) is 2.21. The molecule has 0 aliphatic heterocycles. The smallest absolute Gasteiger partial charge is 0.152 e. The zero-order valence-electron chi connectivity index (χ0n) is 8.27. The van der Waals surface area contributed by atoms with Crippen molar-refractivity contribution in [1.82, 2.24) is 14.8 Å². The molecule has 1 aromatic carbocycles. The van der Waals surface area contributed by atoms with Crippen LogP contribution in [0.4, 0.5) is 8.78 Å². The summed E-state index contributed by atoms with van der Waals surface area (Å²) in [7, 11) is 0. The molecule has 0 unspecified atom stereocenters. The normalized spacial score (nSPS) is 10.7. The number of halogens is 2. The first kappa shape index (κ1) is 10.7. The van der Waals surface area contributed by atoms with Crippen molar-refractivity contribution >= 4 is 0 Å². The van der Waals surface area contributed by atoms with E-state index in [1.54, 1.807) is 0 Å². The average molecular weight is 225 g/mol. The number of hydrogen-bond acceptors (Lipinski definition) is 3. The Morgan fingerprint density at radius 3 is 2.56 bits per heavy atom. The van der Waals surface area contributed by atoms with Crippen molar-refractivity contribution in [3.05, 3.63) is 47.5 Å². The van der Waals surface area contributed by atoms with Crippen LogP contribution in [0.25, 0.3) is 0 Å². The molecular formula is C10H9F2N3O. The van der Waals surface area contributed by atoms with Crippen LogP contribution in [0.1, 0.15) is 11.4 Å². The maximum Gasteiger partial charge on any atom is 0.152 e. The van der Waals surface area contributed by atoms with Gasteiger partial charge in [0.2, 0.25) is 0 Å². The lowest BCUT2D eigenvalue weighted by atomic mass is 10.2. The molecule has 0 aliphatic rings. The van der Waals surface area contributed by atoms with Gasteiger partial charge in [0, 0.05) is 5.56 Å². The molecular weight excluding hydrogens is 216 g/mol. The van der Waals surface area contributed by atoms with Crippen LogP contribution in [-0.4, -0.2) is 19.9 Å². The molecule has 6 heteroatoms. The van der Waals surface area contributed by atoms with Gasteiger partial charge in [0.25, 0.3) is 0 Å². The molecule has 1 N–H and O–H groups in total. The summed E-state index contributed by atoms with van der Waals surface area (Å²) >= 11 is 0. The van der Waals surface area contributed by atoms with Gasteiger partial charge in [-0.15, -0.1) is 0 Å². The van der Waals surface area contributed by atoms with Gasteiger partial charge >= 0.3 is 0 Å². The highest BCUT2D eigenvalue weighted by atomic mass is 19.1. The summed E-state index contributed by atoms with van der Waals surface area (Å²) < 4.78 is 27.9. The van der Waals surface area contributed by atoms with Gasteiger partial charge in [-0.1, -0.05) is 6.07 Å². The predicted molar refractivity (Wildman–Crippen MR) is 51.4 cm³/mol. The molecule has 0 spiro atoms. The van der Waals surface area contributed by atoms with Crippen LogP contribution in [-0.2, 0) is 13.2 Å². The summed E-state index contributed by atoms with van der Waals surface area (Å²) in [6.45, 7) is -0.412. The molecule has 2 aromatic rings. The topological polar surface area (TPSA) is 50.9 Å². The number of aliphatic hydroxyl groups is 1. The fourth-order valence-corrected chi connectivity index (χ4v) is 1.38. The minimum atomic E-state index is -0.639. The molecule has 1 aromatic heterocycles. The van der Waals surface area contributed by atoms with Crippen LogP contribution < -0.4 is 0 Å². The molecule has 16 heavy (non-hydrogen) atoms. The van der Waals surface area contributed by atoms with Crippen LogP contribution >= 0.6 is 0 Å². The molecule has 0 amide bonds. The highest BCUT2D eigenvalue weighted by Gasteiger charge is 2.11. The lowest BCUT2D eigenvalue weighted by Gasteiger charge is -2.06. The number of aliphatic hydroxyl groups excluding tert-OH is 1. The van der Waals surface area contributed by atoms with E-state index in [1.807, 2.05) is 0 Å². The van der Waals surface area contributed by atoms with Crippen molar-refractivity contribution in [2.45, 2.75) is 13.2 Å². The number of benzene rings is 1. The van der Waals surface area contributed by atoms with Crippen molar-refractivity contribution in [1.29, 1.82) is 0 Å². The van der Waals surface area contributed by atoms with E-state index in [-0.39, 0.29) is 24.5 Å². The average Bonchev–Trinajstić information content (AvgIpc) is 2.71. The Labute approximate surface area is 90.2 Å². The molecule has 0 atom stereocenters. The summed E-state index contributed by atoms with van der Waals surface area (Å²) in [5.74, 6) is -1.01. The van der Waals surface area contributed by atoms with Gasteiger partial charge in [0.05, 0.1) is 6.54 Å². The molecule has 0 aliphatic carbocycles. The van der Waals surface area contributed by atoms with E-state index in [4.69, 9.17) is 5.11 Å². The second-order valence-electron chi connectivity index (χ2n) is 3.19. The van der Waals surface area contributed by atoms with Crippen LogP contribution in [0.2, 0.25) is 0 Å². The van der Waals surface area contributed by atoms with Gasteiger partial charge in [0.1, 0.15) is 24.6 Å². The van der Waals surface area contributed by atoms with Crippen molar-refractivity contribution < 1.29 is 13.9 Å². The molecule has 0 bridgehead atoms. The molecule has 0 saturated heterocycles. The Balaban J connectivity index is 2.34. The Kier molecular flexibility index (Phi) is 2.91. The van der Waals surface area contributed by atoms with E-state index in [2.05, 4.69) is 10.1 Å². The Hall–Kier alpha value is -1.82. The van der Waals surface area contributed by atoms with E-state index < -0.39 is 11.6 Å². The number of rotatable bonds is 3.